The van der Waals surface area contributed by atoms with Gasteiger partial charge < -0.3 is 15.4 Å². The summed E-state index contributed by atoms with van der Waals surface area (Å²) < 4.78 is 5.51. The van der Waals surface area contributed by atoms with Crippen LogP contribution >= 0.6 is 34.8 Å². The Morgan fingerprint density at radius 2 is 1.59 bits per heavy atom. The quantitative estimate of drug-likeness (QED) is 0.585. The molecule has 1 aliphatic carbocycles. The van der Waals surface area contributed by atoms with Gasteiger partial charge in [0.25, 0.3) is 11.8 Å². The van der Waals surface area contributed by atoms with Gasteiger partial charge >= 0.3 is 0 Å². The molecule has 0 aliphatic heterocycles. The largest absolute Gasteiger partial charge is 0.484 e. The van der Waals surface area contributed by atoms with E-state index in [2.05, 4.69) is 10.6 Å². The van der Waals surface area contributed by atoms with E-state index in [1.807, 2.05) is 0 Å². The van der Waals surface area contributed by atoms with Crippen molar-refractivity contribution in [3.8, 4) is 5.75 Å². The van der Waals surface area contributed by atoms with Crippen molar-refractivity contribution in [2.75, 3.05) is 11.9 Å². The van der Waals surface area contributed by atoms with Crippen LogP contribution in [0.5, 0.6) is 5.75 Å². The van der Waals surface area contributed by atoms with Gasteiger partial charge in [0, 0.05) is 16.6 Å². The van der Waals surface area contributed by atoms with Gasteiger partial charge in [-0.05, 0) is 49.2 Å². The summed E-state index contributed by atoms with van der Waals surface area (Å²) >= 11 is 18.1. The first kappa shape index (κ1) is 21.8. The van der Waals surface area contributed by atoms with E-state index in [0.29, 0.717) is 22.0 Å². The second kappa shape index (κ2) is 10.2. The zero-order valence-corrected chi connectivity index (χ0v) is 17.9. The number of halogens is 3. The summed E-state index contributed by atoms with van der Waals surface area (Å²) in [5.74, 6) is -0.00800. The van der Waals surface area contributed by atoms with E-state index < -0.39 is 0 Å². The van der Waals surface area contributed by atoms with Crippen LogP contribution in [-0.2, 0) is 4.79 Å². The van der Waals surface area contributed by atoms with Crippen LogP contribution in [0.2, 0.25) is 15.1 Å². The van der Waals surface area contributed by atoms with Crippen molar-refractivity contribution in [3.63, 3.8) is 0 Å². The number of amides is 2. The van der Waals surface area contributed by atoms with Crippen molar-refractivity contribution in [2.24, 2.45) is 0 Å². The number of carbonyl (C=O) groups excluding carboxylic acids is 2. The summed E-state index contributed by atoms with van der Waals surface area (Å²) in [5, 5.41) is 6.55. The maximum Gasteiger partial charge on any atom is 0.258 e. The molecule has 0 unspecified atom stereocenters. The van der Waals surface area contributed by atoms with Crippen molar-refractivity contribution in [2.45, 2.75) is 38.1 Å². The highest BCUT2D eigenvalue weighted by atomic mass is 35.5. The van der Waals surface area contributed by atoms with Crippen molar-refractivity contribution < 1.29 is 14.3 Å². The van der Waals surface area contributed by atoms with Gasteiger partial charge in [-0.15, -0.1) is 0 Å². The number of nitrogens with one attached hydrogen (secondary N) is 2. The van der Waals surface area contributed by atoms with Crippen LogP contribution in [0, 0.1) is 0 Å². The zero-order chi connectivity index (χ0) is 20.8. The number of anilines is 1. The Labute approximate surface area is 184 Å². The van der Waals surface area contributed by atoms with E-state index in [1.54, 1.807) is 24.3 Å². The molecule has 0 bridgehead atoms. The fraction of sp³-hybridized carbons (Fsp3) is 0.333. The fourth-order valence-corrected chi connectivity index (χ4v) is 4.13. The van der Waals surface area contributed by atoms with Gasteiger partial charge in [0.2, 0.25) is 0 Å². The monoisotopic (exact) mass is 454 g/mol. The summed E-state index contributed by atoms with van der Waals surface area (Å²) in [4.78, 5) is 24.5. The lowest BCUT2D eigenvalue weighted by atomic mass is 9.95. The minimum absolute atomic E-state index is 0.0575. The second-order valence-corrected chi connectivity index (χ2v) is 8.16. The van der Waals surface area contributed by atoms with Gasteiger partial charge in [-0.2, -0.15) is 0 Å². The number of hydrogen-bond donors (Lipinski definition) is 2. The Bertz CT molecular complexity index is 858. The summed E-state index contributed by atoms with van der Waals surface area (Å²) in [6.07, 6.45) is 5.59. The lowest BCUT2D eigenvalue weighted by molar-refractivity contribution is -0.124. The zero-order valence-electron chi connectivity index (χ0n) is 15.6. The number of ether oxygens (including phenoxy) is 1. The first-order valence-corrected chi connectivity index (χ1v) is 10.5. The highest BCUT2D eigenvalue weighted by Crippen LogP contribution is 2.34. The average Bonchev–Trinajstić information content (AvgIpc) is 2.70. The number of hydrogen-bond acceptors (Lipinski definition) is 3. The number of benzene rings is 2. The van der Waals surface area contributed by atoms with Crippen molar-refractivity contribution >= 4 is 52.3 Å². The van der Waals surface area contributed by atoms with Gasteiger partial charge in [-0.25, -0.2) is 0 Å². The van der Waals surface area contributed by atoms with E-state index in [9.17, 15) is 9.59 Å². The van der Waals surface area contributed by atoms with Crippen molar-refractivity contribution in [3.05, 3.63) is 57.0 Å². The molecule has 0 spiro atoms. The van der Waals surface area contributed by atoms with Crippen molar-refractivity contribution in [1.82, 2.24) is 5.32 Å². The second-order valence-electron chi connectivity index (χ2n) is 6.91. The Balaban J connectivity index is 1.53. The summed E-state index contributed by atoms with van der Waals surface area (Å²) in [6, 6.07) is 9.71. The summed E-state index contributed by atoms with van der Waals surface area (Å²) in [6.45, 7) is -0.0575. The van der Waals surface area contributed by atoms with Gasteiger partial charge in [-0.1, -0.05) is 54.1 Å². The molecule has 1 aliphatic rings. The smallest absolute Gasteiger partial charge is 0.258 e. The molecular formula is C21H21Cl3N2O3. The molecule has 5 nitrogen and oxygen atoms in total. The van der Waals surface area contributed by atoms with E-state index in [4.69, 9.17) is 39.5 Å². The molecule has 0 heterocycles. The van der Waals surface area contributed by atoms with E-state index in [-0.39, 0.29) is 34.5 Å². The Kier molecular flexibility index (Phi) is 7.64. The van der Waals surface area contributed by atoms with Crippen LogP contribution in [0.4, 0.5) is 5.69 Å². The van der Waals surface area contributed by atoms with Crippen molar-refractivity contribution in [1.29, 1.82) is 0 Å². The maximum absolute atomic E-state index is 12.4. The van der Waals surface area contributed by atoms with E-state index in [0.717, 1.165) is 25.7 Å². The molecule has 8 heteroatoms. The molecule has 29 heavy (non-hydrogen) atoms. The van der Waals surface area contributed by atoms with E-state index >= 15 is 0 Å². The van der Waals surface area contributed by atoms with Crippen LogP contribution in [0.3, 0.4) is 0 Å². The maximum atomic E-state index is 12.4. The Hall–Kier alpha value is -1.95. The first-order chi connectivity index (χ1) is 13.9. The van der Waals surface area contributed by atoms with Gasteiger partial charge in [0.1, 0.15) is 5.75 Å². The summed E-state index contributed by atoms with van der Waals surface area (Å²) in [7, 11) is 0. The van der Waals surface area contributed by atoms with Crippen LogP contribution < -0.4 is 15.4 Å². The summed E-state index contributed by atoms with van der Waals surface area (Å²) in [5.41, 5.74) is 0.688. The average molecular weight is 456 g/mol. The molecule has 0 saturated heterocycles. The van der Waals surface area contributed by atoms with Crippen LogP contribution in [0.1, 0.15) is 42.5 Å². The Morgan fingerprint density at radius 3 is 2.21 bits per heavy atom. The van der Waals surface area contributed by atoms with Crippen LogP contribution in [0.25, 0.3) is 0 Å². The minimum Gasteiger partial charge on any atom is -0.484 e. The molecular weight excluding hydrogens is 435 g/mol. The third kappa shape index (κ3) is 6.26. The number of carbonyl (C=O) groups is 2. The predicted octanol–water partition coefficient (Wildman–Crippen LogP) is 5.73. The molecule has 0 atom stereocenters. The molecule has 2 aromatic rings. The number of rotatable bonds is 6. The standard InChI is InChI=1S/C21H21Cl3N2O3/c22-14-10-17(23)20(18(24)11-14)26-21(28)13-6-8-16(9-7-13)29-12-19(27)25-15-4-2-1-3-5-15/h6-11,15H,1-5,12H2,(H,25,27)(H,26,28). The fourth-order valence-electron chi connectivity index (χ4n) is 3.21. The lowest BCUT2D eigenvalue weighted by Crippen LogP contribution is -2.38. The normalized spacial score (nSPS) is 14.3. The molecule has 154 valence electrons. The molecule has 3 rings (SSSR count). The lowest BCUT2D eigenvalue weighted by Gasteiger charge is -2.22. The highest BCUT2D eigenvalue weighted by molar-refractivity contribution is 6.42. The molecule has 2 N–H and O–H groups in total. The highest BCUT2D eigenvalue weighted by Gasteiger charge is 2.16. The van der Waals surface area contributed by atoms with Gasteiger partial charge in [0.15, 0.2) is 6.61 Å². The molecule has 1 fully saturated rings. The topological polar surface area (TPSA) is 67.4 Å². The third-order valence-corrected chi connectivity index (χ3v) is 5.52. The van der Waals surface area contributed by atoms with E-state index in [1.165, 1.54) is 18.6 Å². The SMILES string of the molecule is O=C(COc1ccc(C(=O)Nc2c(Cl)cc(Cl)cc2Cl)cc1)NC1CCCCC1. The van der Waals surface area contributed by atoms with Crippen LogP contribution in [-0.4, -0.2) is 24.5 Å². The molecule has 0 radical (unpaired) electrons. The predicted molar refractivity (Wildman–Crippen MR) is 116 cm³/mol. The minimum atomic E-state index is -0.377. The molecule has 2 aromatic carbocycles. The first-order valence-electron chi connectivity index (χ1n) is 9.40. The Morgan fingerprint density at radius 1 is 0.966 bits per heavy atom. The van der Waals surface area contributed by atoms with Gasteiger partial charge in [-0.3, -0.25) is 9.59 Å². The molecule has 1 saturated carbocycles. The molecule has 0 aromatic heterocycles. The van der Waals surface area contributed by atoms with Gasteiger partial charge in [0.05, 0.1) is 15.7 Å². The third-order valence-electron chi connectivity index (χ3n) is 4.70. The van der Waals surface area contributed by atoms with Crippen LogP contribution in [0.15, 0.2) is 36.4 Å². The molecule has 2 amide bonds.